The molecule has 0 amide bonds. The quantitative estimate of drug-likeness (QED) is 0.865. The second-order valence-electron chi connectivity index (χ2n) is 4.81. The van der Waals surface area contributed by atoms with Crippen LogP contribution < -0.4 is 5.32 Å². The van der Waals surface area contributed by atoms with Crippen LogP contribution in [0.2, 0.25) is 0 Å². The maximum atomic E-state index is 4.34. The highest BCUT2D eigenvalue weighted by Crippen LogP contribution is 2.20. The molecule has 0 aliphatic rings. The summed E-state index contributed by atoms with van der Waals surface area (Å²) in [5, 5.41) is 4.46. The van der Waals surface area contributed by atoms with Crippen LogP contribution in [-0.4, -0.2) is 18.6 Å². The van der Waals surface area contributed by atoms with E-state index in [-0.39, 0.29) is 0 Å². The van der Waals surface area contributed by atoms with E-state index in [1.165, 1.54) is 10.4 Å². The maximum absolute atomic E-state index is 4.34. The number of hydrogen-bond donors (Lipinski definition) is 1. The molecule has 19 heavy (non-hydrogen) atoms. The Labute approximate surface area is 127 Å². The molecule has 0 bridgehead atoms. The normalized spacial score (nSPS) is 12.6. The van der Waals surface area contributed by atoms with Gasteiger partial charge < -0.3 is 5.32 Å². The molecule has 0 saturated heterocycles. The van der Waals surface area contributed by atoms with Gasteiger partial charge in [0, 0.05) is 15.5 Å². The van der Waals surface area contributed by atoms with Gasteiger partial charge in [0.25, 0.3) is 0 Å². The van der Waals surface area contributed by atoms with Gasteiger partial charge >= 0.3 is 0 Å². The third-order valence-electron chi connectivity index (χ3n) is 3.07. The summed E-state index contributed by atoms with van der Waals surface area (Å²) in [4.78, 5) is 5.72. The number of benzene rings is 1. The lowest BCUT2D eigenvalue weighted by molar-refractivity contribution is 0.496. The van der Waals surface area contributed by atoms with Crippen molar-refractivity contribution in [2.24, 2.45) is 5.92 Å². The first-order chi connectivity index (χ1) is 9.17. The molecule has 0 spiro atoms. The Kier molecular flexibility index (Phi) is 5.55. The highest BCUT2D eigenvalue weighted by Gasteiger charge is 2.12. The van der Waals surface area contributed by atoms with E-state index in [4.69, 9.17) is 0 Å². The van der Waals surface area contributed by atoms with E-state index in [1.54, 1.807) is 0 Å². The number of hydrogen-bond acceptors (Lipinski definition) is 3. The lowest BCUT2D eigenvalue weighted by Gasteiger charge is -2.15. The predicted octanol–water partition coefficient (Wildman–Crippen LogP) is 3.83. The summed E-state index contributed by atoms with van der Waals surface area (Å²) in [5.74, 6) is 0.610. The molecule has 1 N–H and O–H groups in total. The molecule has 102 valence electrons. The van der Waals surface area contributed by atoms with E-state index < -0.39 is 0 Å². The molecule has 2 rings (SSSR count). The smallest absolute Gasteiger partial charge is 0.0896 e. The predicted molar refractivity (Wildman–Crippen MR) is 85.8 cm³/mol. The number of rotatable bonds is 6. The average Bonchev–Trinajstić information content (AvgIpc) is 2.75. The van der Waals surface area contributed by atoms with Gasteiger partial charge in [-0.25, -0.2) is 4.98 Å². The highest BCUT2D eigenvalue weighted by molar-refractivity contribution is 9.10. The standard InChI is InChI=1S/C15H19BrN2S/c1-11-18-10-15(19-11)8-13(9-17-2)6-12-4-3-5-14(16)7-12/h3-5,7,10,13,17H,6,8-9H2,1-2H3. The van der Waals surface area contributed by atoms with Crippen molar-refractivity contribution in [2.75, 3.05) is 13.6 Å². The van der Waals surface area contributed by atoms with Gasteiger partial charge in [0.1, 0.15) is 0 Å². The second-order valence-corrected chi connectivity index (χ2v) is 7.04. The first kappa shape index (κ1) is 14.7. The van der Waals surface area contributed by atoms with Crippen molar-refractivity contribution in [3.63, 3.8) is 0 Å². The van der Waals surface area contributed by atoms with Gasteiger partial charge in [0.05, 0.1) is 5.01 Å². The zero-order valence-corrected chi connectivity index (χ0v) is 13.7. The molecule has 1 aromatic heterocycles. The van der Waals surface area contributed by atoms with Crippen molar-refractivity contribution < 1.29 is 0 Å². The summed E-state index contributed by atoms with van der Waals surface area (Å²) in [6.45, 7) is 3.10. The van der Waals surface area contributed by atoms with Gasteiger partial charge in [0.2, 0.25) is 0 Å². The van der Waals surface area contributed by atoms with Gasteiger partial charge in [-0.05, 0) is 57.0 Å². The number of aryl methyl sites for hydroxylation is 1. The molecule has 2 aromatic rings. The summed E-state index contributed by atoms with van der Waals surface area (Å²) in [6.07, 6.45) is 4.21. The van der Waals surface area contributed by atoms with Crippen LogP contribution in [0.15, 0.2) is 34.9 Å². The van der Waals surface area contributed by atoms with Gasteiger partial charge in [0.15, 0.2) is 0 Å². The molecule has 1 unspecified atom stereocenters. The second kappa shape index (κ2) is 7.17. The van der Waals surface area contributed by atoms with Crippen molar-refractivity contribution in [3.8, 4) is 0 Å². The van der Waals surface area contributed by atoms with Crippen molar-refractivity contribution in [1.29, 1.82) is 0 Å². The number of thiazole rings is 1. The average molecular weight is 339 g/mol. The number of nitrogens with one attached hydrogen (secondary N) is 1. The van der Waals surface area contributed by atoms with Crippen LogP contribution >= 0.6 is 27.3 Å². The molecule has 0 aliphatic heterocycles. The Morgan fingerprint density at radius 2 is 2.21 bits per heavy atom. The van der Waals surface area contributed by atoms with E-state index in [9.17, 15) is 0 Å². The lowest BCUT2D eigenvalue weighted by atomic mass is 9.95. The molecular formula is C15H19BrN2S. The molecule has 1 aromatic carbocycles. The van der Waals surface area contributed by atoms with Gasteiger partial charge in [-0.2, -0.15) is 0 Å². The zero-order valence-electron chi connectivity index (χ0n) is 11.3. The fraction of sp³-hybridized carbons (Fsp3) is 0.400. The Morgan fingerprint density at radius 1 is 1.37 bits per heavy atom. The van der Waals surface area contributed by atoms with Crippen LogP contribution in [-0.2, 0) is 12.8 Å². The third-order valence-corrected chi connectivity index (χ3v) is 4.49. The topological polar surface area (TPSA) is 24.9 Å². The molecule has 0 aliphatic carbocycles. The van der Waals surface area contributed by atoms with E-state index in [1.807, 2.05) is 24.6 Å². The summed E-state index contributed by atoms with van der Waals surface area (Å²) in [6, 6.07) is 8.59. The molecule has 2 nitrogen and oxygen atoms in total. The Balaban J connectivity index is 2.03. The molecule has 0 saturated carbocycles. The molecular weight excluding hydrogens is 320 g/mol. The first-order valence-electron chi connectivity index (χ1n) is 6.47. The largest absolute Gasteiger partial charge is 0.319 e. The molecule has 0 fully saturated rings. The Hall–Kier alpha value is -0.710. The van der Waals surface area contributed by atoms with Crippen LogP contribution in [0, 0.1) is 12.8 Å². The summed E-state index contributed by atoms with van der Waals surface area (Å²) < 4.78 is 1.15. The van der Waals surface area contributed by atoms with Crippen molar-refractivity contribution in [1.82, 2.24) is 10.3 Å². The lowest BCUT2D eigenvalue weighted by Crippen LogP contribution is -2.22. The van der Waals surface area contributed by atoms with Crippen LogP contribution in [0.3, 0.4) is 0 Å². The molecule has 1 heterocycles. The van der Waals surface area contributed by atoms with E-state index in [2.05, 4.69) is 57.4 Å². The van der Waals surface area contributed by atoms with Crippen LogP contribution in [0.1, 0.15) is 15.4 Å². The van der Waals surface area contributed by atoms with E-state index in [0.29, 0.717) is 5.92 Å². The number of nitrogens with zero attached hydrogens (tertiary/aromatic N) is 1. The van der Waals surface area contributed by atoms with E-state index >= 15 is 0 Å². The molecule has 4 heteroatoms. The van der Waals surface area contributed by atoms with Crippen molar-refractivity contribution >= 4 is 27.3 Å². The van der Waals surface area contributed by atoms with Crippen LogP contribution in [0.25, 0.3) is 0 Å². The maximum Gasteiger partial charge on any atom is 0.0896 e. The minimum absolute atomic E-state index is 0.610. The van der Waals surface area contributed by atoms with Crippen molar-refractivity contribution in [2.45, 2.75) is 19.8 Å². The number of aromatic nitrogens is 1. The Bertz CT molecular complexity index is 524. The SMILES string of the molecule is CNCC(Cc1cccc(Br)c1)Cc1cnc(C)s1. The van der Waals surface area contributed by atoms with Gasteiger partial charge in [-0.15, -0.1) is 11.3 Å². The fourth-order valence-electron chi connectivity index (χ4n) is 2.29. The summed E-state index contributed by atoms with van der Waals surface area (Å²) in [7, 11) is 2.02. The third kappa shape index (κ3) is 4.71. The summed E-state index contributed by atoms with van der Waals surface area (Å²) >= 11 is 5.35. The molecule has 1 atom stereocenters. The van der Waals surface area contributed by atoms with Gasteiger partial charge in [-0.3, -0.25) is 0 Å². The first-order valence-corrected chi connectivity index (χ1v) is 8.08. The Morgan fingerprint density at radius 3 is 2.84 bits per heavy atom. The van der Waals surface area contributed by atoms with Crippen LogP contribution in [0.5, 0.6) is 0 Å². The van der Waals surface area contributed by atoms with Gasteiger partial charge in [-0.1, -0.05) is 28.1 Å². The van der Waals surface area contributed by atoms with Crippen LogP contribution in [0.4, 0.5) is 0 Å². The van der Waals surface area contributed by atoms with Crippen molar-refractivity contribution in [3.05, 3.63) is 50.4 Å². The highest BCUT2D eigenvalue weighted by atomic mass is 79.9. The fourth-order valence-corrected chi connectivity index (χ4v) is 3.64. The van der Waals surface area contributed by atoms with E-state index in [0.717, 1.165) is 28.9 Å². The molecule has 0 radical (unpaired) electrons. The minimum Gasteiger partial charge on any atom is -0.319 e. The minimum atomic E-state index is 0.610. The number of halogens is 1. The monoisotopic (exact) mass is 338 g/mol. The summed E-state index contributed by atoms with van der Waals surface area (Å²) in [5.41, 5.74) is 1.39. The zero-order chi connectivity index (χ0) is 13.7.